The van der Waals surface area contributed by atoms with Crippen molar-refractivity contribution in [3.8, 4) is 11.5 Å². The van der Waals surface area contributed by atoms with Crippen LogP contribution in [-0.2, 0) is 4.79 Å². The van der Waals surface area contributed by atoms with E-state index in [9.17, 15) is 13.6 Å². The smallest absolute Gasteiger partial charge is 0.387 e. The van der Waals surface area contributed by atoms with Gasteiger partial charge in [-0.25, -0.2) is 0 Å². The van der Waals surface area contributed by atoms with Crippen molar-refractivity contribution in [1.82, 2.24) is 0 Å². The summed E-state index contributed by atoms with van der Waals surface area (Å²) in [6.07, 6.45) is 2.65. The fraction of sp³-hybridized carbons (Fsp3) is 0.250. The average Bonchev–Trinajstić information content (AvgIpc) is 2.60. The number of hydrogen-bond donors (Lipinski definition) is 1. The highest BCUT2D eigenvalue weighted by molar-refractivity contribution is 6.02. The number of ether oxygens (including phenoxy) is 2. The van der Waals surface area contributed by atoms with Crippen molar-refractivity contribution in [3.63, 3.8) is 0 Å². The highest BCUT2D eigenvalue weighted by Crippen LogP contribution is 2.33. The molecule has 4 nitrogen and oxygen atoms in total. The second-order valence-corrected chi connectivity index (χ2v) is 5.86. The summed E-state index contributed by atoms with van der Waals surface area (Å²) in [6, 6.07) is 12.2. The Bertz CT molecular complexity index is 771. The van der Waals surface area contributed by atoms with Crippen LogP contribution in [-0.4, -0.2) is 19.6 Å². The zero-order valence-electron chi connectivity index (χ0n) is 14.8. The van der Waals surface area contributed by atoms with Gasteiger partial charge in [-0.05, 0) is 35.8 Å². The van der Waals surface area contributed by atoms with Crippen molar-refractivity contribution in [2.75, 3.05) is 12.4 Å². The Morgan fingerprint density at radius 3 is 2.38 bits per heavy atom. The molecule has 138 valence electrons. The van der Waals surface area contributed by atoms with E-state index in [0.717, 1.165) is 0 Å². The Kier molecular flexibility index (Phi) is 6.72. The van der Waals surface area contributed by atoms with E-state index in [1.54, 1.807) is 12.1 Å². The fourth-order valence-electron chi connectivity index (χ4n) is 2.34. The molecule has 2 aromatic carbocycles. The maximum atomic E-state index is 12.6. The molecule has 0 aromatic heterocycles. The van der Waals surface area contributed by atoms with E-state index in [1.807, 2.05) is 24.3 Å². The van der Waals surface area contributed by atoms with Crippen LogP contribution in [0.4, 0.5) is 14.5 Å². The Labute approximate surface area is 151 Å². The van der Waals surface area contributed by atoms with E-state index >= 15 is 0 Å². The van der Waals surface area contributed by atoms with Crippen LogP contribution in [0.3, 0.4) is 0 Å². The van der Waals surface area contributed by atoms with Crippen molar-refractivity contribution in [1.29, 1.82) is 0 Å². The third-order valence-electron chi connectivity index (χ3n) is 3.70. The van der Waals surface area contributed by atoms with Gasteiger partial charge in [0.2, 0.25) is 5.91 Å². The predicted molar refractivity (Wildman–Crippen MR) is 97.8 cm³/mol. The molecule has 0 atom stereocenters. The molecule has 2 rings (SSSR count). The van der Waals surface area contributed by atoms with Crippen LogP contribution in [0.15, 0.2) is 48.5 Å². The van der Waals surface area contributed by atoms with E-state index in [4.69, 9.17) is 4.74 Å². The van der Waals surface area contributed by atoms with Gasteiger partial charge >= 0.3 is 6.61 Å². The molecule has 0 aliphatic carbocycles. The third-order valence-corrected chi connectivity index (χ3v) is 3.70. The molecule has 2 aromatic rings. The quantitative estimate of drug-likeness (QED) is 0.700. The lowest BCUT2D eigenvalue weighted by Crippen LogP contribution is -2.08. The van der Waals surface area contributed by atoms with E-state index in [1.165, 1.54) is 30.9 Å². The number of carbonyl (C=O) groups excluding carboxylic acids is 1. The number of benzene rings is 2. The van der Waals surface area contributed by atoms with Crippen LogP contribution in [0.1, 0.15) is 30.9 Å². The first-order valence-electron chi connectivity index (χ1n) is 8.11. The second kappa shape index (κ2) is 8.99. The van der Waals surface area contributed by atoms with Gasteiger partial charge in [-0.3, -0.25) is 4.79 Å². The van der Waals surface area contributed by atoms with Crippen LogP contribution in [0.25, 0.3) is 6.08 Å². The Morgan fingerprint density at radius 1 is 1.12 bits per heavy atom. The molecule has 0 spiro atoms. The maximum Gasteiger partial charge on any atom is 0.387 e. The third kappa shape index (κ3) is 5.31. The van der Waals surface area contributed by atoms with Gasteiger partial charge < -0.3 is 14.8 Å². The monoisotopic (exact) mass is 361 g/mol. The number of nitrogens with one attached hydrogen (secondary N) is 1. The molecule has 0 radical (unpaired) electrons. The van der Waals surface area contributed by atoms with Crippen molar-refractivity contribution in [2.45, 2.75) is 26.4 Å². The predicted octanol–water partition coefficient (Wildman–Crippen LogP) is 5.07. The summed E-state index contributed by atoms with van der Waals surface area (Å²) in [5.74, 6) is 0.0709. The topological polar surface area (TPSA) is 47.6 Å². The van der Waals surface area contributed by atoms with Crippen molar-refractivity contribution < 1.29 is 23.0 Å². The van der Waals surface area contributed by atoms with Crippen LogP contribution in [0.2, 0.25) is 0 Å². The molecule has 0 fully saturated rings. The van der Waals surface area contributed by atoms with Crippen LogP contribution < -0.4 is 14.8 Å². The Hall–Kier alpha value is -2.89. The molecule has 1 amide bonds. The van der Waals surface area contributed by atoms with E-state index in [-0.39, 0.29) is 17.4 Å². The van der Waals surface area contributed by atoms with Gasteiger partial charge in [-0.2, -0.15) is 8.78 Å². The van der Waals surface area contributed by atoms with Gasteiger partial charge in [0.15, 0.2) is 11.5 Å². The molecule has 1 N–H and O–H groups in total. The minimum absolute atomic E-state index is 0.115. The molecule has 0 saturated carbocycles. The Morgan fingerprint density at radius 2 is 1.81 bits per heavy atom. The number of methoxy groups -OCH3 is 1. The van der Waals surface area contributed by atoms with Gasteiger partial charge in [-0.15, -0.1) is 0 Å². The van der Waals surface area contributed by atoms with E-state index < -0.39 is 6.61 Å². The summed E-state index contributed by atoms with van der Waals surface area (Å²) in [5.41, 5.74) is 2.14. The van der Waals surface area contributed by atoms with Gasteiger partial charge in [0.25, 0.3) is 0 Å². The minimum atomic E-state index is -2.99. The normalized spacial score (nSPS) is 11.2. The van der Waals surface area contributed by atoms with Crippen LogP contribution in [0.5, 0.6) is 11.5 Å². The maximum absolute atomic E-state index is 12.6. The molecular weight excluding hydrogens is 340 g/mol. The van der Waals surface area contributed by atoms with Crippen molar-refractivity contribution in [3.05, 3.63) is 59.7 Å². The molecule has 6 heteroatoms. The SMILES string of the molecule is COc1cccc(/C=C/C(=O)Nc2ccc(C(C)C)cc2)c1OC(F)F. The largest absolute Gasteiger partial charge is 0.493 e. The summed E-state index contributed by atoms with van der Waals surface area (Å²) in [7, 11) is 1.36. The van der Waals surface area contributed by atoms with Crippen molar-refractivity contribution in [2.24, 2.45) is 0 Å². The number of hydrogen-bond acceptors (Lipinski definition) is 3. The zero-order valence-corrected chi connectivity index (χ0v) is 14.8. The van der Waals surface area contributed by atoms with Gasteiger partial charge in [0, 0.05) is 17.3 Å². The summed E-state index contributed by atoms with van der Waals surface area (Å²) < 4.78 is 34.8. The lowest BCUT2D eigenvalue weighted by molar-refractivity contribution is -0.111. The second-order valence-electron chi connectivity index (χ2n) is 5.86. The number of halogens is 2. The summed E-state index contributed by atoms with van der Waals surface area (Å²) in [6.45, 7) is 1.18. The number of alkyl halides is 2. The highest BCUT2D eigenvalue weighted by Gasteiger charge is 2.14. The zero-order chi connectivity index (χ0) is 19.1. The highest BCUT2D eigenvalue weighted by atomic mass is 19.3. The molecule has 0 bridgehead atoms. The van der Waals surface area contributed by atoms with Crippen LogP contribution >= 0.6 is 0 Å². The number of anilines is 1. The fourth-order valence-corrected chi connectivity index (χ4v) is 2.34. The minimum Gasteiger partial charge on any atom is -0.493 e. The molecular formula is C20H21F2NO3. The van der Waals surface area contributed by atoms with E-state index in [2.05, 4.69) is 23.9 Å². The average molecular weight is 361 g/mol. The first kappa shape index (κ1) is 19.4. The lowest BCUT2D eigenvalue weighted by atomic mass is 10.0. The Balaban J connectivity index is 2.12. The molecule has 0 heterocycles. The molecule has 0 aliphatic rings. The van der Waals surface area contributed by atoms with Crippen molar-refractivity contribution >= 4 is 17.7 Å². The molecule has 0 saturated heterocycles. The first-order valence-corrected chi connectivity index (χ1v) is 8.11. The summed E-state index contributed by atoms with van der Waals surface area (Å²) >= 11 is 0. The summed E-state index contributed by atoms with van der Waals surface area (Å²) in [4.78, 5) is 12.1. The number of para-hydroxylation sites is 1. The van der Waals surface area contributed by atoms with Gasteiger partial charge in [-0.1, -0.05) is 38.1 Å². The standard InChI is InChI=1S/C20H21F2NO3/c1-13(2)14-7-10-16(11-8-14)23-18(24)12-9-15-5-4-6-17(25-3)19(15)26-20(21)22/h4-13,20H,1-3H3,(H,23,24)/b12-9+. The lowest BCUT2D eigenvalue weighted by Gasteiger charge is -2.12. The number of amides is 1. The molecule has 26 heavy (non-hydrogen) atoms. The van der Waals surface area contributed by atoms with Crippen LogP contribution in [0, 0.1) is 0 Å². The first-order chi connectivity index (χ1) is 12.4. The van der Waals surface area contributed by atoms with Gasteiger partial charge in [0.1, 0.15) is 0 Å². The van der Waals surface area contributed by atoms with E-state index in [0.29, 0.717) is 17.2 Å². The number of carbonyl (C=O) groups is 1. The molecule has 0 unspecified atom stereocenters. The number of rotatable bonds is 7. The van der Waals surface area contributed by atoms with Gasteiger partial charge in [0.05, 0.1) is 7.11 Å². The summed E-state index contributed by atoms with van der Waals surface area (Å²) in [5, 5.41) is 2.72. The molecule has 0 aliphatic heterocycles.